The highest BCUT2D eigenvalue weighted by molar-refractivity contribution is 5.81. The lowest BCUT2D eigenvalue weighted by Gasteiger charge is -2.39. The molecular weight excluding hydrogens is 178 g/mol. The molecule has 0 bridgehead atoms. The van der Waals surface area contributed by atoms with Crippen LogP contribution in [0.2, 0.25) is 0 Å². The summed E-state index contributed by atoms with van der Waals surface area (Å²) in [7, 11) is 0. The van der Waals surface area contributed by atoms with Gasteiger partial charge in [0.25, 0.3) is 0 Å². The van der Waals surface area contributed by atoms with Gasteiger partial charge in [-0.25, -0.2) is 0 Å². The fraction of sp³-hybridized carbons (Fsp3) is 0.909. The second kappa shape index (κ2) is 3.54. The topological polar surface area (TPSA) is 52.3 Å². The van der Waals surface area contributed by atoms with Crippen LogP contribution in [0.25, 0.3) is 0 Å². The van der Waals surface area contributed by atoms with Crippen LogP contribution in [0.3, 0.4) is 0 Å². The fourth-order valence-electron chi connectivity index (χ4n) is 1.56. The Morgan fingerprint density at radius 2 is 1.79 bits per heavy atom. The molecule has 0 aliphatic heterocycles. The van der Waals surface area contributed by atoms with Crippen molar-refractivity contribution < 1.29 is 9.53 Å². The van der Waals surface area contributed by atoms with E-state index in [1.165, 1.54) is 6.42 Å². The van der Waals surface area contributed by atoms with E-state index in [0.717, 1.165) is 12.8 Å². The van der Waals surface area contributed by atoms with Crippen molar-refractivity contribution in [1.82, 2.24) is 0 Å². The minimum Gasteiger partial charge on any atom is -0.459 e. The summed E-state index contributed by atoms with van der Waals surface area (Å²) in [6.07, 6.45) is 3.28. The number of carbonyl (C=O) groups is 1. The van der Waals surface area contributed by atoms with E-state index in [-0.39, 0.29) is 5.97 Å². The zero-order chi connectivity index (χ0) is 11.0. The third-order valence-electron chi connectivity index (χ3n) is 2.79. The van der Waals surface area contributed by atoms with Gasteiger partial charge in [0.15, 0.2) is 0 Å². The summed E-state index contributed by atoms with van der Waals surface area (Å²) in [6, 6.07) is 0. The molecule has 1 rings (SSSR count). The van der Waals surface area contributed by atoms with Crippen molar-refractivity contribution in [3.05, 3.63) is 0 Å². The Hall–Kier alpha value is -0.570. The van der Waals surface area contributed by atoms with Gasteiger partial charge in [0.1, 0.15) is 11.1 Å². The van der Waals surface area contributed by atoms with Crippen LogP contribution in [0.1, 0.15) is 47.0 Å². The monoisotopic (exact) mass is 199 g/mol. The predicted molar refractivity (Wildman–Crippen MR) is 55.8 cm³/mol. The lowest BCUT2D eigenvalue weighted by atomic mass is 9.72. The Labute approximate surface area is 86.0 Å². The molecular formula is C11H21NO2. The Kier molecular flexibility index (Phi) is 2.91. The highest BCUT2D eigenvalue weighted by Crippen LogP contribution is 2.35. The molecule has 82 valence electrons. The SMILES string of the molecule is CC(C)(C)OC(=O)C(C)(N)C1CCC1. The fourth-order valence-corrected chi connectivity index (χ4v) is 1.56. The summed E-state index contributed by atoms with van der Waals surface area (Å²) in [5.74, 6) is 0.0343. The minimum absolute atomic E-state index is 0.269. The predicted octanol–water partition coefficient (Wildman–Crippen LogP) is 1.85. The van der Waals surface area contributed by atoms with E-state index in [1.54, 1.807) is 6.92 Å². The Morgan fingerprint density at radius 3 is 2.07 bits per heavy atom. The molecule has 1 atom stereocenters. The van der Waals surface area contributed by atoms with Gasteiger partial charge in [0.2, 0.25) is 0 Å². The lowest BCUT2D eigenvalue weighted by Crippen LogP contribution is -2.55. The van der Waals surface area contributed by atoms with E-state index in [4.69, 9.17) is 10.5 Å². The maximum absolute atomic E-state index is 11.8. The molecule has 0 saturated heterocycles. The summed E-state index contributed by atoms with van der Waals surface area (Å²) in [5.41, 5.74) is 4.76. The molecule has 0 radical (unpaired) electrons. The summed E-state index contributed by atoms with van der Waals surface area (Å²) >= 11 is 0. The van der Waals surface area contributed by atoms with Crippen molar-refractivity contribution in [3.8, 4) is 0 Å². The number of hydrogen-bond acceptors (Lipinski definition) is 3. The van der Waals surface area contributed by atoms with Gasteiger partial charge in [-0.1, -0.05) is 6.42 Å². The van der Waals surface area contributed by atoms with Crippen LogP contribution in [0, 0.1) is 5.92 Å². The van der Waals surface area contributed by atoms with E-state index in [1.807, 2.05) is 20.8 Å². The summed E-state index contributed by atoms with van der Waals surface area (Å²) in [4.78, 5) is 11.8. The Morgan fingerprint density at radius 1 is 1.29 bits per heavy atom. The lowest BCUT2D eigenvalue weighted by molar-refractivity contribution is -0.164. The van der Waals surface area contributed by atoms with Gasteiger partial charge in [0, 0.05) is 0 Å². The smallest absolute Gasteiger partial charge is 0.326 e. The number of esters is 1. The zero-order valence-electron chi connectivity index (χ0n) is 9.59. The summed E-state index contributed by atoms with van der Waals surface area (Å²) in [5, 5.41) is 0. The molecule has 14 heavy (non-hydrogen) atoms. The van der Waals surface area contributed by atoms with E-state index in [0.29, 0.717) is 5.92 Å². The molecule has 0 spiro atoms. The van der Waals surface area contributed by atoms with E-state index >= 15 is 0 Å². The number of hydrogen-bond donors (Lipinski definition) is 1. The first-order valence-electron chi connectivity index (χ1n) is 5.26. The maximum Gasteiger partial charge on any atom is 0.326 e. The Balaban J connectivity index is 2.58. The average molecular weight is 199 g/mol. The molecule has 2 N–H and O–H groups in total. The molecule has 1 unspecified atom stereocenters. The highest BCUT2D eigenvalue weighted by Gasteiger charge is 2.43. The van der Waals surface area contributed by atoms with Crippen LogP contribution in [-0.4, -0.2) is 17.1 Å². The van der Waals surface area contributed by atoms with Crippen molar-refractivity contribution in [3.63, 3.8) is 0 Å². The van der Waals surface area contributed by atoms with Crippen LogP contribution in [0.15, 0.2) is 0 Å². The van der Waals surface area contributed by atoms with Crippen molar-refractivity contribution in [2.45, 2.75) is 58.1 Å². The quantitative estimate of drug-likeness (QED) is 0.690. The molecule has 1 aliphatic carbocycles. The third kappa shape index (κ3) is 2.47. The van der Waals surface area contributed by atoms with Gasteiger partial charge in [0.05, 0.1) is 0 Å². The van der Waals surface area contributed by atoms with Gasteiger partial charge < -0.3 is 10.5 Å². The summed E-state index contributed by atoms with van der Waals surface area (Å²) < 4.78 is 5.30. The van der Waals surface area contributed by atoms with Gasteiger partial charge in [-0.05, 0) is 46.5 Å². The Bertz CT molecular complexity index is 224. The van der Waals surface area contributed by atoms with Gasteiger partial charge >= 0.3 is 5.97 Å². The van der Waals surface area contributed by atoms with Crippen LogP contribution in [0.5, 0.6) is 0 Å². The molecule has 1 aliphatic rings. The number of nitrogens with two attached hydrogens (primary N) is 1. The van der Waals surface area contributed by atoms with Gasteiger partial charge in [-0.15, -0.1) is 0 Å². The van der Waals surface area contributed by atoms with Gasteiger partial charge in [-0.3, -0.25) is 4.79 Å². The standard InChI is InChI=1S/C11H21NO2/c1-10(2,3)14-9(13)11(4,12)8-6-5-7-8/h8H,5-7,12H2,1-4H3. The van der Waals surface area contributed by atoms with Crippen molar-refractivity contribution >= 4 is 5.97 Å². The molecule has 0 aromatic heterocycles. The first kappa shape index (κ1) is 11.5. The van der Waals surface area contributed by atoms with E-state index in [2.05, 4.69) is 0 Å². The molecule has 1 fully saturated rings. The molecule has 0 aromatic rings. The van der Waals surface area contributed by atoms with Crippen LogP contribution in [0.4, 0.5) is 0 Å². The molecule has 0 aromatic carbocycles. The largest absolute Gasteiger partial charge is 0.459 e. The minimum atomic E-state index is -0.800. The van der Waals surface area contributed by atoms with Crippen molar-refractivity contribution in [2.24, 2.45) is 11.7 Å². The zero-order valence-corrected chi connectivity index (χ0v) is 9.59. The third-order valence-corrected chi connectivity index (χ3v) is 2.79. The second-order valence-electron chi connectivity index (χ2n) is 5.41. The van der Waals surface area contributed by atoms with Crippen molar-refractivity contribution in [2.75, 3.05) is 0 Å². The van der Waals surface area contributed by atoms with Crippen molar-refractivity contribution in [1.29, 1.82) is 0 Å². The molecule has 0 heterocycles. The first-order chi connectivity index (χ1) is 6.23. The van der Waals surface area contributed by atoms with Crippen LogP contribution >= 0.6 is 0 Å². The van der Waals surface area contributed by atoms with Crippen LogP contribution in [-0.2, 0) is 9.53 Å². The molecule has 3 heteroatoms. The normalized spacial score (nSPS) is 22.4. The average Bonchev–Trinajstić information content (AvgIpc) is 1.76. The van der Waals surface area contributed by atoms with E-state index < -0.39 is 11.1 Å². The number of carbonyl (C=O) groups excluding carboxylic acids is 1. The second-order valence-corrected chi connectivity index (χ2v) is 5.41. The maximum atomic E-state index is 11.8. The molecule has 0 amide bonds. The summed E-state index contributed by atoms with van der Waals surface area (Å²) in [6.45, 7) is 7.37. The number of ether oxygens (including phenoxy) is 1. The highest BCUT2D eigenvalue weighted by atomic mass is 16.6. The van der Waals surface area contributed by atoms with Crippen LogP contribution < -0.4 is 5.73 Å². The molecule has 1 saturated carbocycles. The number of rotatable bonds is 2. The van der Waals surface area contributed by atoms with Gasteiger partial charge in [-0.2, -0.15) is 0 Å². The molecule has 3 nitrogen and oxygen atoms in total. The van der Waals surface area contributed by atoms with E-state index in [9.17, 15) is 4.79 Å². The first-order valence-corrected chi connectivity index (χ1v) is 5.26.